The fraction of sp³-hybridized carbons (Fsp3) is 0.133. The lowest BCUT2D eigenvalue weighted by Gasteiger charge is -2.14. The first kappa shape index (κ1) is 14.5. The molecule has 1 atom stereocenters. The zero-order chi connectivity index (χ0) is 14.7. The summed E-state index contributed by atoms with van der Waals surface area (Å²) in [5, 5.41) is 9.65. The van der Waals surface area contributed by atoms with Gasteiger partial charge >= 0.3 is 5.97 Å². The van der Waals surface area contributed by atoms with Gasteiger partial charge in [-0.05, 0) is 42.8 Å². The van der Waals surface area contributed by atoms with E-state index in [-0.39, 0.29) is 17.1 Å². The Morgan fingerprint density at radius 2 is 1.90 bits per heavy atom. The highest BCUT2D eigenvalue weighted by Crippen LogP contribution is 2.25. The molecule has 2 rings (SSSR count). The van der Waals surface area contributed by atoms with E-state index in [1.165, 1.54) is 24.3 Å². The molecule has 2 aromatic rings. The summed E-state index contributed by atoms with van der Waals surface area (Å²) >= 11 is 3.22. The molecule has 3 nitrogen and oxygen atoms in total. The van der Waals surface area contributed by atoms with Crippen LogP contribution >= 0.6 is 15.9 Å². The van der Waals surface area contributed by atoms with E-state index in [0.29, 0.717) is 10.0 Å². The van der Waals surface area contributed by atoms with Crippen molar-refractivity contribution in [2.45, 2.75) is 13.0 Å². The van der Waals surface area contributed by atoms with Crippen LogP contribution in [0.3, 0.4) is 0 Å². The Morgan fingerprint density at radius 3 is 2.55 bits per heavy atom. The van der Waals surface area contributed by atoms with E-state index in [2.05, 4.69) is 15.9 Å². The molecule has 0 amide bonds. The number of phenols is 1. The maximum Gasteiger partial charge on any atom is 0.342 e. The molecular weight excluding hydrogens is 327 g/mol. The smallest absolute Gasteiger partial charge is 0.342 e. The minimum atomic E-state index is -0.638. The van der Waals surface area contributed by atoms with Gasteiger partial charge < -0.3 is 9.84 Å². The Kier molecular flexibility index (Phi) is 4.39. The topological polar surface area (TPSA) is 46.5 Å². The van der Waals surface area contributed by atoms with E-state index < -0.39 is 12.1 Å². The molecular formula is C15H12BrFO3. The monoisotopic (exact) mass is 338 g/mol. The number of halogens is 2. The third-order valence-electron chi connectivity index (χ3n) is 2.80. The summed E-state index contributed by atoms with van der Waals surface area (Å²) in [4.78, 5) is 12.0. The molecule has 1 N–H and O–H groups in total. The third-order valence-corrected chi connectivity index (χ3v) is 3.30. The minimum Gasteiger partial charge on any atom is -0.507 e. The largest absolute Gasteiger partial charge is 0.507 e. The van der Waals surface area contributed by atoms with E-state index in [0.717, 1.165) is 0 Å². The van der Waals surface area contributed by atoms with Gasteiger partial charge in [0, 0.05) is 4.47 Å². The van der Waals surface area contributed by atoms with E-state index in [1.807, 2.05) is 0 Å². The Labute approximate surface area is 124 Å². The summed E-state index contributed by atoms with van der Waals surface area (Å²) in [6.45, 7) is 1.68. The maximum atomic E-state index is 12.8. The van der Waals surface area contributed by atoms with E-state index in [4.69, 9.17) is 4.74 Å². The summed E-state index contributed by atoms with van der Waals surface area (Å²) < 4.78 is 18.7. The molecule has 0 fully saturated rings. The summed E-state index contributed by atoms with van der Waals surface area (Å²) in [7, 11) is 0. The molecule has 5 heteroatoms. The lowest BCUT2D eigenvalue weighted by atomic mass is 10.1. The molecule has 0 heterocycles. The van der Waals surface area contributed by atoms with Crippen LogP contribution in [0.15, 0.2) is 46.9 Å². The second-order valence-electron chi connectivity index (χ2n) is 4.26. The van der Waals surface area contributed by atoms with Crippen LogP contribution in [0.5, 0.6) is 5.75 Å². The Morgan fingerprint density at radius 1 is 1.25 bits per heavy atom. The number of carbonyl (C=O) groups is 1. The van der Waals surface area contributed by atoms with Gasteiger partial charge in [0.1, 0.15) is 23.2 Å². The second kappa shape index (κ2) is 6.05. The number of phenolic OH excluding ortho intramolecular Hbond substituents is 1. The van der Waals surface area contributed by atoms with Crippen LogP contribution in [0.4, 0.5) is 4.39 Å². The molecule has 0 aliphatic carbocycles. The molecule has 0 aliphatic rings. The molecule has 2 aromatic carbocycles. The van der Waals surface area contributed by atoms with Crippen molar-refractivity contribution in [1.82, 2.24) is 0 Å². The highest BCUT2D eigenvalue weighted by Gasteiger charge is 2.17. The van der Waals surface area contributed by atoms with Gasteiger partial charge in [-0.25, -0.2) is 9.18 Å². The fourth-order valence-corrected chi connectivity index (χ4v) is 2.06. The van der Waals surface area contributed by atoms with Gasteiger partial charge in [-0.2, -0.15) is 0 Å². The number of hydrogen-bond donors (Lipinski definition) is 1. The molecule has 0 saturated heterocycles. The highest BCUT2D eigenvalue weighted by atomic mass is 79.9. The first-order chi connectivity index (χ1) is 9.47. The zero-order valence-electron chi connectivity index (χ0n) is 10.6. The summed E-state index contributed by atoms with van der Waals surface area (Å²) in [5.41, 5.74) is 0.752. The fourth-order valence-electron chi connectivity index (χ4n) is 1.70. The lowest BCUT2D eigenvalue weighted by molar-refractivity contribution is 0.0334. The summed E-state index contributed by atoms with van der Waals surface area (Å²) in [6, 6.07) is 10.2. The van der Waals surface area contributed by atoms with Gasteiger partial charge in [0.15, 0.2) is 0 Å². The van der Waals surface area contributed by atoms with Crippen molar-refractivity contribution in [2.75, 3.05) is 0 Å². The Balaban J connectivity index is 2.15. The molecule has 20 heavy (non-hydrogen) atoms. The van der Waals surface area contributed by atoms with Crippen molar-refractivity contribution in [2.24, 2.45) is 0 Å². The predicted octanol–water partition coefficient (Wildman–Crippen LogP) is 4.21. The normalized spacial score (nSPS) is 11.9. The van der Waals surface area contributed by atoms with Gasteiger partial charge in [-0.3, -0.25) is 0 Å². The highest BCUT2D eigenvalue weighted by molar-refractivity contribution is 9.10. The Hall–Kier alpha value is -1.88. The number of aromatic hydroxyl groups is 1. The number of hydrogen-bond acceptors (Lipinski definition) is 3. The van der Waals surface area contributed by atoms with E-state index in [9.17, 15) is 14.3 Å². The SMILES string of the molecule is C[C@@H](OC(=O)c1cc(Br)ccc1O)c1ccc(F)cc1. The average Bonchev–Trinajstić information content (AvgIpc) is 2.42. The number of rotatable bonds is 3. The van der Waals surface area contributed by atoms with Crippen LogP contribution in [0, 0.1) is 5.82 Å². The quantitative estimate of drug-likeness (QED) is 0.852. The van der Waals surface area contributed by atoms with Crippen molar-refractivity contribution in [1.29, 1.82) is 0 Å². The van der Waals surface area contributed by atoms with Crippen LogP contribution in [-0.2, 0) is 4.74 Å². The van der Waals surface area contributed by atoms with E-state index >= 15 is 0 Å². The van der Waals surface area contributed by atoms with E-state index in [1.54, 1.807) is 25.1 Å². The van der Waals surface area contributed by atoms with Crippen molar-refractivity contribution < 1.29 is 19.0 Å². The maximum absolute atomic E-state index is 12.8. The first-order valence-electron chi connectivity index (χ1n) is 5.92. The molecule has 0 radical (unpaired) electrons. The molecule has 0 bridgehead atoms. The van der Waals surface area contributed by atoms with Crippen molar-refractivity contribution in [3.63, 3.8) is 0 Å². The van der Waals surface area contributed by atoms with Crippen LogP contribution in [0.2, 0.25) is 0 Å². The van der Waals surface area contributed by atoms with Crippen LogP contribution in [-0.4, -0.2) is 11.1 Å². The molecule has 0 spiro atoms. The standard InChI is InChI=1S/C15H12BrFO3/c1-9(10-2-5-12(17)6-3-10)20-15(19)13-8-11(16)4-7-14(13)18/h2-9,18H,1H3/t9-/m1/s1. The summed E-state index contributed by atoms with van der Waals surface area (Å²) in [6.07, 6.45) is -0.540. The average molecular weight is 339 g/mol. The molecule has 0 aliphatic heterocycles. The van der Waals surface area contributed by atoms with Crippen LogP contribution in [0.1, 0.15) is 28.9 Å². The first-order valence-corrected chi connectivity index (χ1v) is 6.71. The lowest BCUT2D eigenvalue weighted by Crippen LogP contribution is -2.09. The zero-order valence-corrected chi connectivity index (χ0v) is 12.2. The number of benzene rings is 2. The van der Waals surface area contributed by atoms with Crippen molar-refractivity contribution in [3.8, 4) is 5.75 Å². The second-order valence-corrected chi connectivity index (χ2v) is 5.18. The van der Waals surface area contributed by atoms with Gasteiger partial charge in [-0.15, -0.1) is 0 Å². The third kappa shape index (κ3) is 3.36. The molecule has 0 saturated carbocycles. The Bertz CT molecular complexity index is 626. The van der Waals surface area contributed by atoms with Gasteiger partial charge in [0.05, 0.1) is 0 Å². The van der Waals surface area contributed by atoms with Crippen LogP contribution < -0.4 is 0 Å². The number of carbonyl (C=O) groups excluding carboxylic acids is 1. The summed E-state index contributed by atoms with van der Waals surface area (Å²) in [5.74, 6) is -1.14. The minimum absolute atomic E-state index is 0.0772. The van der Waals surface area contributed by atoms with Gasteiger partial charge in [0.2, 0.25) is 0 Å². The number of ether oxygens (including phenoxy) is 1. The molecule has 0 unspecified atom stereocenters. The van der Waals surface area contributed by atoms with Crippen molar-refractivity contribution in [3.05, 3.63) is 63.9 Å². The molecule has 0 aromatic heterocycles. The van der Waals surface area contributed by atoms with Crippen molar-refractivity contribution >= 4 is 21.9 Å². The van der Waals surface area contributed by atoms with Crippen LogP contribution in [0.25, 0.3) is 0 Å². The predicted molar refractivity (Wildman–Crippen MR) is 76.0 cm³/mol. The number of esters is 1. The van der Waals surface area contributed by atoms with Gasteiger partial charge in [-0.1, -0.05) is 28.1 Å². The van der Waals surface area contributed by atoms with Gasteiger partial charge in [0.25, 0.3) is 0 Å². The molecule has 104 valence electrons.